The second kappa shape index (κ2) is 2.47. The lowest BCUT2D eigenvalue weighted by molar-refractivity contribution is 0.222. The van der Waals surface area contributed by atoms with E-state index in [0.29, 0.717) is 6.42 Å². The van der Waals surface area contributed by atoms with Crippen molar-refractivity contribution in [2.75, 3.05) is 0 Å². The van der Waals surface area contributed by atoms with Crippen molar-refractivity contribution in [1.82, 2.24) is 4.98 Å². The number of fused-ring (bicyclic) bond motifs is 1. The molecule has 1 atom stereocenters. The van der Waals surface area contributed by atoms with Crippen molar-refractivity contribution in [2.24, 2.45) is 0 Å². The van der Waals surface area contributed by atoms with Gasteiger partial charge in [0.25, 0.3) is 0 Å². The fourth-order valence-corrected chi connectivity index (χ4v) is 1.25. The van der Waals surface area contributed by atoms with Crippen molar-refractivity contribution >= 4 is 6.08 Å². The molecule has 0 fully saturated rings. The molecule has 0 amide bonds. The molecule has 1 heterocycles. The van der Waals surface area contributed by atoms with Crippen molar-refractivity contribution in [1.29, 1.82) is 0 Å². The first-order valence-electron chi connectivity index (χ1n) is 3.66. The molecule has 0 spiro atoms. The summed E-state index contributed by atoms with van der Waals surface area (Å²) in [7, 11) is 0. The van der Waals surface area contributed by atoms with Gasteiger partial charge >= 0.3 is 0 Å². The fraction of sp³-hybridized carbons (Fsp3) is 0.222. The summed E-state index contributed by atoms with van der Waals surface area (Å²) in [5.41, 5.74) is 2.11. The topological polar surface area (TPSA) is 33.1 Å². The van der Waals surface area contributed by atoms with Crippen LogP contribution in [-0.4, -0.2) is 16.2 Å². The van der Waals surface area contributed by atoms with Crippen LogP contribution in [-0.2, 0) is 6.42 Å². The Kier molecular flexibility index (Phi) is 1.47. The molecule has 0 bridgehead atoms. The zero-order chi connectivity index (χ0) is 7.68. The third-order valence-corrected chi connectivity index (χ3v) is 1.83. The van der Waals surface area contributed by atoms with Gasteiger partial charge in [-0.05, 0) is 11.6 Å². The number of aromatic nitrogens is 1. The number of rotatable bonds is 0. The average Bonchev–Trinajstić information content (AvgIpc) is 2.04. The monoisotopic (exact) mass is 147 g/mol. The number of aliphatic hydroxyl groups is 1. The van der Waals surface area contributed by atoms with E-state index in [4.69, 9.17) is 0 Å². The molecule has 0 aromatic carbocycles. The molecule has 56 valence electrons. The van der Waals surface area contributed by atoms with Gasteiger partial charge in [-0.2, -0.15) is 0 Å². The lowest BCUT2D eigenvalue weighted by atomic mass is 10.0. The van der Waals surface area contributed by atoms with Crippen LogP contribution in [0, 0.1) is 0 Å². The molecule has 0 saturated carbocycles. The molecule has 1 aliphatic carbocycles. The Morgan fingerprint density at radius 1 is 1.55 bits per heavy atom. The smallest absolute Gasteiger partial charge is 0.0779 e. The summed E-state index contributed by atoms with van der Waals surface area (Å²) in [6, 6.07) is 3.91. The number of pyridine rings is 1. The van der Waals surface area contributed by atoms with Gasteiger partial charge in [0.05, 0.1) is 11.8 Å². The Bertz CT molecular complexity index is 293. The average molecular weight is 147 g/mol. The molecule has 2 nitrogen and oxygen atoms in total. The van der Waals surface area contributed by atoms with E-state index in [1.54, 1.807) is 12.3 Å². The predicted octanol–water partition coefficient (Wildman–Crippen LogP) is 1.01. The molecule has 2 rings (SSSR count). The molecule has 0 aliphatic heterocycles. The zero-order valence-corrected chi connectivity index (χ0v) is 6.07. The van der Waals surface area contributed by atoms with Gasteiger partial charge in [-0.3, -0.25) is 4.98 Å². The van der Waals surface area contributed by atoms with Crippen molar-refractivity contribution in [3.05, 3.63) is 35.7 Å². The summed E-state index contributed by atoms with van der Waals surface area (Å²) in [6.07, 6.45) is 5.76. The van der Waals surface area contributed by atoms with Crippen LogP contribution in [0.5, 0.6) is 0 Å². The van der Waals surface area contributed by atoms with E-state index in [2.05, 4.69) is 4.98 Å². The number of hydrogen-bond acceptors (Lipinski definition) is 2. The Labute approximate surface area is 65.2 Å². The molecule has 0 radical (unpaired) electrons. The van der Waals surface area contributed by atoms with Gasteiger partial charge in [0.15, 0.2) is 0 Å². The molecule has 2 heteroatoms. The lowest BCUT2D eigenvalue weighted by Crippen LogP contribution is -2.12. The molecule has 11 heavy (non-hydrogen) atoms. The first-order valence-corrected chi connectivity index (χ1v) is 3.66. The normalized spacial score (nSPS) is 21.4. The summed E-state index contributed by atoms with van der Waals surface area (Å²) < 4.78 is 0. The molecule has 1 N–H and O–H groups in total. The molecule has 1 aromatic heterocycles. The maximum Gasteiger partial charge on any atom is 0.0779 e. The van der Waals surface area contributed by atoms with Crippen LogP contribution in [0.3, 0.4) is 0 Å². The minimum atomic E-state index is -0.350. The van der Waals surface area contributed by atoms with E-state index in [9.17, 15) is 5.11 Å². The van der Waals surface area contributed by atoms with Crippen LogP contribution in [0.4, 0.5) is 0 Å². The van der Waals surface area contributed by atoms with Crippen LogP contribution >= 0.6 is 0 Å². The maximum atomic E-state index is 9.23. The van der Waals surface area contributed by atoms with Crippen LogP contribution in [0.2, 0.25) is 0 Å². The van der Waals surface area contributed by atoms with E-state index in [1.165, 1.54) is 0 Å². The fourth-order valence-electron chi connectivity index (χ4n) is 1.25. The minimum absolute atomic E-state index is 0.350. The number of nitrogens with zero attached hydrogens (tertiary/aromatic N) is 1. The molecule has 1 aromatic rings. The molecule has 0 saturated heterocycles. The van der Waals surface area contributed by atoms with Crippen molar-refractivity contribution in [3.8, 4) is 0 Å². The quantitative estimate of drug-likeness (QED) is 0.594. The van der Waals surface area contributed by atoms with E-state index in [0.717, 1.165) is 11.3 Å². The van der Waals surface area contributed by atoms with Crippen LogP contribution in [0.25, 0.3) is 6.08 Å². The minimum Gasteiger partial charge on any atom is -0.389 e. The number of hydrogen-bond donors (Lipinski definition) is 1. The van der Waals surface area contributed by atoms with Gasteiger partial charge in [-0.15, -0.1) is 0 Å². The largest absolute Gasteiger partial charge is 0.389 e. The van der Waals surface area contributed by atoms with Crippen molar-refractivity contribution < 1.29 is 5.11 Å². The van der Waals surface area contributed by atoms with Gasteiger partial charge in [-0.25, -0.2) is 0 Å². The van der Waals surface area contributed by atoms with Gasteiger partial charge in [0.2, 0.25) is 0 Å². The summed E-state index contributed by atoms with van der Waals surface area (Å²) in [4.78, 5) is 4.16. The van der Waals surface area contributed by atoms with Gasteiger partial charge in [0.1, 0.15) is 0 Å². The third kappa shape index (κ3) is 1.17. The number of aliphatic hydroxyl groups excluding tert-OH is 1. The van der Waals surface area contributed by atoms with E-state index in [1.807, 2.05) is 18.2 Å². The summed E-state index contributed by atoms with van der Waals surface area (Å²) in [5, 5.41) is 9.23. The first-order chi connectivity index (χ1) is 5.36. The van der Waals surface area contributed by atoms with Crippen molar-refractivity contribution in [2.45, 2.75) is 12.5 Å². The summed E-state index contributed by atoms with van der Waals surface area (Å²) >= 11 is 0. The Morgan fingerprint density at radius 3 is 3.36 bits per heavy atom. The SMILES string of the molecule is OC1C=Cc2cccnc2C1. The van der Waals surface area contributed by atoms with Crippen LogP contribution in [0.1, 0.15) is 11.3 Å². The Morgan fingerprint density at radius 2 is 2.45 bits per heavy atom. The summed E-state index contributed by atoms with van der Waals surface area (Å²) in [5.74, 6) is 0. The highest BCUT2D eigenvalue weighted by molar-refractivity contribution is 5.54. The highest BCUT2D eigenvalue weighted by Gasteiger charge is 2.10. The van der Waals surface area contributed by atoms with Gasteiger partial charge in [0, 0.05) is 12.6 Å². The van der Waals surface area contributed by atoms with Crippen molar-refractivity contribution in [3.63, 3.8) is 0 Å². The second-order valence-electron chi connectivity index (χ2n) is 2.67. The standard InChI is InChI=1S/C9H9NO/c11-8-4-3-7-2-1-5-10-9(7)6-8/h1-5,8,11H,6H2. The third-order valence-electron chi connectivity index (χ3n) is 1.83. The first kappa shape index (κ1) is 6.55. The lowest BCUT2D eigenvalue weighted by Gasteiger charge is -2.12. The highest BCUT2D eigenvalue weighted by atomic mass is 16.3. The van der Waals surface area contributed by atoms with Gasteiger partial charge < -0.3 is 5.11 Å². The van der Waals surface area contributed by atoms with E-state index < -0.39 is 0 Å². The maximum absolute atomic E-state index is 9.23. The second-order valence-corrected chi connectivity index (χ2v) is 2.67. The highest BCUT2D eigenvalue weighted by Crippen LogP contribution is 2.15. The molecular weight excluding hydrogens is 138 g/mol. The molecular formula is C9H9NO. The Balaban J connectivity index is 2.46. The van der Waals surface area contributed by atoms with Gasteiger partial charge in [-0.1, -0.05) is 18.2 Å². The predicted molar refractivity (Wildman–Crippen MR) is 43.0 cm³/mol. The van der Waals surface area contributed by atoms with Crippen LogP contribution in [0.15, 0.2) is 24.4 Å². The summed E-state index contributed by atoms with van der Waals surface area (Å²) in [6.45, 7) is 0. The Hall–Kier alpha value is -1.15. The van der Waals surface area contributed by atoms with E-state index >= 15 is 0 Å². The zero-order valence-electron chi connectivity index (χ0n) is 6.07. The van der Waals surface area contributed by atoms with Crippen LogP contribution < -0.4 is 0 Å². The molecule has 1 unspecified atom stereocenters. The van der Waals surface area contributed by atoms with E-state index in [-0.39, 0.29) is 6.10 Å². The molecule has 1 aliphatic rings.